The zero-order valence-electron chi connectivity index (χ0n) is 18.1. The molecule has 0 saturated carbocycles. The summed E-state index contributed by atoms with van der Waals surface area (Å²) in [5, 5.41) is 3.41. The molecule has 0 aromatic heterocycles. The van der Waals surface area contributed by atoms with Crippen molar-refractivity contribution in [2.45, 2.75) is 45.6 Å². The third-order valence-electron chi connectivity index (χ3n) is 5.61. The number of guanidine groups is 1. The maximum Gasteiger partial charge on any atom is 0.243 e. The van der Waals surface area contributed by atoms with Gasteiger partial charge in [-0.05, 0) is 26.2 Å². The summed E-state index contributed by atoms with van der Waals surface area (Å²) in [6.45, 7) is 10.3. The predicted molar refractivity (Wildman–Crippen MR) is 112 cm³/mol. The van der Waals surface area contributed by atoms with E-state index in [1.807, 2.05) is 11.8 Å². The Morgan fingerprint density at radius 3 is 2.25 bits per heavy atom. The number of nitrogens with one attached hydrogen (secondary N) is 1. The highest BCUT2D eigenvalue weighted by Crippen LogP contribution is 2.14. The van der Waals surface area contributed by atoms with Crippen LogP contribution in [0.1, 0.15) is 39.5 Å². The number of unbranched alkanes of at least 4 members (excludes halogenated alkanes) is 1. The molecule has 2 aliphatic rings. The van der Waals surface area contributed by atoms with E-state index in [9.17, 15) is 9.59 Å². The topological polar surface area (TPSA) is 71.5 Å². The number of carbonyl (C=O) groups excluding carboxylic acids is 2. The molecule has 2 fully saturated rings. The van der Waals surface area contributed by atoms with Gasteiger partial charge in [-0.25, -0.2) is 4.99 Å². The molecule has 1 unspecified atom stereocenters. The Morgan fingerprint density at radius 1 is 1.04 bits per heavy atom. The Balaban J connectivity index is 1.90. The van der Waals surface area contributed by atoms with Crippen molar-refractivity contribution in [2.24, 2.45) is 4.99 Å². The Hall–Kier alpha value is -1.83. The molecule has 2 aliphatic heterocycles. The molecule has 0 radical (unpaired) electrons. The van der Waals surface area contributed by atoms with Gasteiger partial charge < -0.3 is 20.0 Å². The van der Waals surface area contributed by atoms with Crippen molar-refractivity contribution < 1.29 is 9.59 Å². The van der Waals surface area contributed by atoms with E-state index in [-0.39, 0.29) is 24.4 Å². The Bertz CT molecular complexity index is 537. The van der Waals surface area contributed by atoms with Crippen LogP contribution in [0.5, 0.6) is 0 Å². The number of hydrogen-bond donors (Lipinski definition) is 1. The maximum absolute atomic E-state index is 12.7. The van der Waals surface area contributed by atoms with E-state index in [4.69, 9.17) is 0 Å². The van der Waals surface area contributed by atoms with E-state index in [0.29, 0.717) is 0 Å². The van der Waals surface area contributed by atoms with E-state index in [0.717, 1.165) is 77.5 Å². The minimum absolute atomic E-state index is 0.00161. The van der Waals surface area contributed by atoms with Gasteiger partial charge >= 0.3 is 0 Å². The zero-order chi connectivity index (χ0) is 20.5. The summed E-state index contributed by atoms with van der Waals surface area (Å²) >= 11 is 0. The average Bonchev–Trinajstić information content (AvgIpc) is 3.24. The maximum atomic E-state index is 12.7. The molecule has 8 nitrogen and oxygen atoms in total. The largest absolute Gasteiger partial charge is 0.356 e. The second-order valence-corrected chi connectivity index (χ2v) is 7.94. The summed E-state index contributed by atoms with van der Waals surface area (Å²) in [5.74, 6) is 1.07. The molecule has 1 N–H and O–H groups in total. The van der Waals surface area contributed by atoms with Gasteiger partial charge in [0.15, 0.2) is 5.96 Å². The van der Waals surface area contributed by atoms with Crippen LogP contribution >= 0.6 is 0 Å². The van der Waals surface area contributed by atoms with Gasteiger partial charge in [-0.2, -0.15) is 0 Å². The number of likely N-dealkylation sites (N-methyl/N-ethyl adjacent to an activating group) is 1. The number of piperazine rings is 1. The Morgan fingerprint density at radius 2 is 1.68 bits per heavy atom. The van der Waals surface area contributed by atoms with E-state index in [2.05, 4.69) is 27.0 Å². The molecule has 1 atom stereocenters. The molecule has 160 valence electrons. The van der Waals surface area contributed by atoms with Gasteiger partial charge in [-0.3, -0.25) is 14.5 Å². The van der Waals surface area contributed by atoms with Crippen molar-refractivity contribution in [2.75, 3.05) is 66.5 Å². The number of rotatable bonds is 7. The number of amides is 2. The standard InChI is InChI=1S/C20H38N6O2/c1-5-6-9-21-20(22-16-18(27)23(3)4)26-14-12-24(13-15-26)17(2)19(28)25-10-7-8-11-25/h17H,5-16H2,1-4H3,(H,21,22). The number of likely N-dealkylation sites (tertiary alicyclic amines) is 1. The van der Waals surface area contributed by atoms with Crippen LogP contribution in [0.2, 0.25) is 0 Å². The number of carbonyl (C=O) groups is 2. The third kappa shape index (κ3) is 6.36. The SMILES string of the molecule is CCCCNC(=NCC(=O)N(C)C)N1CCN(C(C)C(=O)N2CCCC2)CC1. The second-order valence-electron chi connectivity index (χ2n) is 7.94. The van der Waals surface area contributed by atoms with Crippen molar-refractivity contribution in [3.63, 3.8) is 0 Å². The lowest BCUT2D eigenvalue weighted by Crippen LogP contribution is -2.57. The molecule has 2 heterocycles. The van der Waals surface area contributed by atoms with E-state index < -0.39 is 0 Å². The van der Waals surface area contributed by atoms with Crippen LogP contribution in [0.3, 0.4) is 0 Å². The van der Waals surface area contributed by atoms with E-state index >= 15 is 0 Å². The first kappa shape index (κ1) is 22.5. The molecule has 2 rings (SSSR count). The smallest absolute Gasteiger partial charge is 0.243 e. The summed E-state index contributed by atoms with van der Waals surface area (Å²) in [4.78, 5) is 37.2. The molecule has 0 bridgehead atoms. The fraction of sp³-hybridized carbons (Fsp3) is 0.850. The summed E-state index contributed by atoms with van der Waals surface area (Å²) in [6, 6.07) is -0.0657. The summed E-state index contributed by atoms with van der Waals surface area (Å²) in [7, 11) is 3.50. The molecule has 2 amide bonds. The van der Waals surface area contributed by atoms with Gasteiger partial charge in [-0.15, -0.1) is 0 Å². The van der Waals surface area contributed by atoms with Crippen molar-refractivity contribution in [1.29, 1.82) is 0 Å². The van der Waals surface area contributed by atoms with Crippen LogP contribution in [-0.4, -0.2) is 110 Å². The van der Waals surface area contributed by atoms with Gasteiger partial charge in [0.25, 0.3) is 0 Å². The molecule has 28 heavy (non-hydrogen) atoms. The summed E-state index contributed by atoms with van der Waals surface area (Å²) in [5.41, 5.74) is 0. The fourth-order valence-electron chi connectivity index (χ4n) is 3.61. The van der Waals surface area contributed by atoms with E-state index in [1.165, 1.54) is 0 Å². The highest BCUT2D eigenvalue weighted by atomic mass is 16.2. The molecular weight excluding hydrogens is 356 g/mol. The quantitative estimate of drug-likeness (QED) is 0.386. The fourth-order valence-corrected chi connectivity index (χ4v) is 3.61. The van der Waals surface area contributed by atoms with Crippen LogP contribution in [0, 0.1) is 0 Å². The molecule has 0 aromatic rings. The molecule has 2 saturated heterocycles. The minimum Gasteiger partial charge on any atom is -0.356 e. The lowest BCUT2D eigenvalue weighted by atomic mass is 10.2. The van der Waals surface area contributed by atoms with Crippen molar-refractivity contribution in [1.82, 2.24) is 24.9 Å². The van der Waals surface area contributed by atoms with Crippen LogP contribution in [0.25, 0.3) is 0 Å². The first-order chi connectivity index (χ1) is 13.4. The first-order valence-corrected chi connectivity index (χ1v) is 10.7. The van der Waals surface area contributed by atoms with E-state index in [1.54, 1.807) is 19.0 Å². The van der Waals surface area contributed by atoms with Crippen molar-refractivity contribution >= 4 is 17.8 Å². The van der Waals surface area contributed by atoms with Crippen molar-refractivity contribution in [3.05, 3.63) is 0 Å². The summed E-state index contributed by atoms with van der Waals surface area (Å²) < 4.78 is 0. The lowest BCUT2D eigenvalue weighted by molar-refractivity contribution is -0.135. The normalized spacial score (nSPS) is 19.6. The molecule has 0 spiro atoms. The van der Waals surface area contributed by atoms with Gasteiger partial charge in [0.05, 0.1) is 6.04 Å². The lowest BCUT2D eigenvalue weighted by Gasteiger charge is -2.39. The predicted octanol–water partition coefficient (Wildman–Crippen LogP) is 0.449. The van der Waals surface area contributed by atoms with Gasteiger partial charge in [0.2, 0.25) is 11.8 Å². The van der Waals surface area contributed by atoms with Crippen molar-refractivity contribution in [3.8, 4) is 0 Å². The third-order valence-corrected chi connectivity index (χ3v) is 5.61. The van der Waals surface area contributed by atoms with Gasteiger partial charge in [0, 0.05) is 59.9 Å². The number of hydrogen-bond acceptors (Lipinski definition) is 4. The Kier molecular flexibility index (Phi) is 9.02. The number of nitrogens with zero attached hydrogens (tertiary/aromatic N) is 5. The number of aliphatic imine (C=N–C) groups is 1. The summed E-state index contributed by atoms with van der Waals surface area (Å²) in [6.07, 6.45) is 4.44. The molecule has 0 aromatic carbocycles. The molecular formula is C20H38N6O2. The Labute approximate surface area is 169 Å². The highest BCUT2D eigenvalue weighted by molar-refractivity contribution is 5.85. The van der Waals surface area contributed by atoms with Crippen LogP contribution in [0.4, 0.5) is 0 Å². The molecule has 8 heteroatoms. The van der Waals surface area contributed by atoms with Crippen LogP contribution < -0.4 is 5.32 Å². The van der Waals surface area contributed by atoms with Crippen LogP contribution in [-0.2, 0) is 9.59 Å². The second kappa shape index (κ2) is 11.2. The van der Waals surface area contributed by atoms with Gasteiger partial charge in [0.1, 0.15) is 6.54 Å². The zero-order valence-corrected chi connectivity index (χ0v) is 18.1. The van der Waals surface area contributed by atoms with Gasteiger partial charge in [-0.1, -0.05) is 13.3 Å². The minimum atomic E-state index is -0.0657. The van der Waals surface area contributed by atoms with Crippen LogP contribution in [0.15, 0.2) is 4.99 Å². The first-order valence-electron chi connectivity index (χ1n) is 10.7. The monoisotopic (exact) mass is 394 g/mol. The highest BCUT2D eigenvalue weighted by Gasteiger charge is 2.30. The average molecular weight is 395 g/mol. The molecule has 0 aliphatic carbocycles.